The van der Waals surface area contributed by atoms with E-state index in [0.717, 1.165) is 5.57 Å². The maximum Gasteiger partial charge on any atom is 0.264 e. The molecule has 0 aliphatic heterocycles. The van der Waals surface area contributed by atoms with E-state index < -0.39 is 10.1 Å². The smallest absolute Gasteiger partial charge is 0.264 e. The Hall–Kier alpha value is -1.44. The molecule has 0 spiro atoms. The minimum Gasteiger partial charge on any atom is -0.391 e. The van der Waals surface area contributed by atoms with Crippen molar-refractivity contribution in [2.24, 2.45) is 0 Å². The van der Waals surface area contributed by atoms with E-state index in [1.165, 1.54) is 6.92 Å². The molecule has 0 aliphatic carbocycles. The summed E-state index contributed by atoms with van der Waals surface area (Å²) < 4.78 is 29.5. The molecule has 3 N–H and O–H groups in total. The van der Waals surface area contributed by atoms with Gasteiger partial charge in [-0.3, -0.25) is 9.35 Å². The summed E-state index contributed by atoms with van der Waals surface area (Å²) in [5.41, 5.74) is 0.917. The quantitative estimate of drug-likeness (QED) is 0.299. The van der Waals surface area contributed by atoms with Gasteiger partial charge in [-0.15, -0.1) is 0 Å². The van der Waals surface area contributed by atoms with Gasteiger partial charge in [-0.05, 0) is 44.7 Å². The average Bonchev–Trinajstić information content (AvgIpc) is 2.39. The number of ketones is 1. The monoisotopic (exact) mass is 316 g/mol. The second kappa shape index (κ2) is 10.3. The number of hydrogen-bond donors (Lipinski definition) is 3. The van der Waals surface area contributed by atoms with E-state index in [0.29, 0.717) is 19.4 Å². The average molecular weight is 316 g/mol. The highest BCUT2D eigenvalue weighted by Gasteiger charge is 2.11. The summed E-state index contributed by atoms with van der Waals surface area (Å²) in [4.78, 5) is 11.3. The SMILES string of the molecule is C=C/C(=C\C=C/NCCCS(=O)(=O)O)C[C@H](NC)C(C)=O. The molecule has 1 atom stereocenters. The first-order chi connectivity index (χ1) is 9.80. The molecule has 0 heterocycles. The molecule has 120 valence electrons. The zero-order valence-electron chi connectivity index (χ0n) is 12.5. The van der Waals surface area contributed by atoms with Crippen LogP contribution >= 0.6 is 0 Å². The van der Waals surface area contributed by atoms with Crippen LogP contribution in [-0.2, 0) is 14.9 Å². The van der Waals surface area contributed by atoms with Gasteiger partial charge in [0.2, 0.25) is 0 Å². The van der Waals surface area contributed by atoms with Crippen molar-refractivity contribution in [3.05, 3.63) is 36.6 Å². The van der Waals surface area contributed by atoms with E-state index in [2.05, 4.69) is 17.2 Å². The van der Waals surface area contributed by atoms with Crippen molar-refractivity contribution in [1.29, 1.82) is 0 Å². The Kier molecular flexibility index (Phi) is 9.60. The Morgan fingerprint density at radius 2 is 2.10 bits per heavy atom. The van der Waals surface area contributed by atoms with E-state index >= 15 is 0 Å². The number of likely N-dealkylation sites (N-methyl/N-ethyl adjacent to an activating group) is 1. The van der Waals surface area contributed by atoms with E-state index in [1.54, 1.807) is 25.4 Å². The van der Waals surface area contributed by atoms with Crippen molar-refractivity contribution in [3.63, 3.8) is 0 Å². The number of Topliss-reactive ketones (excluding diaryl/α,β-unsaturated/α-hetero) is 1. The van der Waals surface area contributed by atoms with Gasteiger partial charge >= 0.3 is 0 Å². The molecule has 0 aromatic rings. The molecule has 0 aromatic heterocycles. The van der Waals surface area contributed by atoms with Crippen LogP contribution in [0.1, 0.15) is 19.8 Å². The molecule has 0 saturated heterocycles. The fourth-order valence-electron chi connectivity index (χ4n) is 1.58. The Labute approximate surface area is 126 Å². The van der Waals surface area contributed by atoms with E-state index in [9.17, 15) is 13.2 Å². The van der Waals surface area contributed by atoms with Crippen LogP contribution in [0, 0.1) is 0 Å². The van der Waals surface area contributed by atoms with Gasteiger partial charge in [-0.1, -0.05) is 18.7 Å². The van der Waals surface area contributed by atoms with Gasteiger partial charge in [0.1, 0.15) is 5.78 Å². The molecule has 0 saturated carbocycles. The number of carbonyl (C=O) groups is 1. The minimum absolute atomic E-state index is 0.0672. The normalized spacial score (nSPS) is 14.1. The summed E-state index contributed by atoms with van der Waals surface area (Å²) in [6.07, 6.45) is 7.84. The fourth-order valence-corrected chi connectivity index (χ4v) is 2.09. The number of carbonyl (C=O) groups excluding carboxylic acids is 1. The molecule has 0 bridgehead atoms. The zero-order valence-corrected chi connectivity index (χ0v) is 13.3. The summed E-state index contributed by atoms with van der Waals surface area (Å²) in [7, 11) is -2.15. The lowest BCUT2D eigenvalue weighted by Crippen LogP contribution is -2.32. The van der Waals surface area contributed by atoms with Crippen LogP contribution < -0.4 is 10.6 Å². The van der Waals surface area contributed by atoms with Crippen LogP contribution in [0.15, 0.2) is 36.6 Å². The van der Waals surface area contributed by atoms with Crippen LogP contribution in [0.4, 0.5) is 0 Å². The number of hydrogen-bond acceptors (Lipinski definition) is 5. The number of rotatable bonds is 11. The maximum atomic E-state index is 11.3. The van der Waals surface area contributed by atoms with E-state index in [4.69, 9.17) is 4.55 Å². The third kappa shape index (κ3) is 10.9. The molecule has 0 amide bonds. The summed E-state index contributed by atoms with van der Waals surface area (Å²) in [5, 5.41) is 5.85. The number of nitrogens with one attached hydrogen (secondary N) is 2. The molecule has 0 fully saturated rings. The van der Waals surface area contributed by atoms with Crippen molar-refractivity contribution in [2.75, 3.05) is 19.3 Å². The lowest BCUT2D eigenvalue weighted by Gasteiger charge is -2.12. The highest BCUT2D eigenvalue weighted by molar-refractivity contribution is 7.85. The van der Waals surface area contributed by atoms with Gasteiger partial charge in [-0.2, -0.15) is 8.42 Å². The fraction of sp³-hybridized carbons (Fsp3) is 0.500. The van der Waals surface area contributed by atoms with Crippen LogP contribution in [0.5, 0.6) is 0 Å². The van der Waals surface area contributed by atoms with Crippen LogP contribution in [0.3, 0.4) is 0 Å². The molecule has 0 radical (unpaired) electrons. The molecule has 0 rings (SSSR count). The van der Waals surface area contributed by atoms with Crippen molar-refractivity contribution < 1.29 is 17.8 Å². The first-order valence-electron chi connectivity index (χ1n) is 6.64. The Balaban J connectivity index is 4.20. The van der Waals surface area contributed by atoms with Gasteiger partial charge in [0.15, 0.2) is 0 Å². The first-order valence-corrected chi connectivity index (χ1v) is 8.25. The highest BCUT2D eigenvalue weighted by Crippen LogP contribution is 2.07. The van der Waals surface area contributed by atoms with Gasteiger partial charge in [0.05, 0.1) is 11.8 Å². The van der Waals surface area contributed by atoms with Gasteiger partial charge < -0.3 is 10.6 Å². The van der Waals surface area contributed by atoms with Gasteiger partial charge in [-0.25, -0.2) is 0 Å². The predicted octanol–water partition coefficient (Wildman–Crippen LogP) is 1.05. The summed E-state index contributed by atoms with van der Waals surface area (Å²) in [5.74, 6) is -0.193. The second-order valence-electron chi connectivity index (χ2n) is 4.55. The van der Waals surface area contributed by atoms with Crippen LogP contribution in [0.2, 0.25) is 0 Å². The van der Waals surface area contributed by atoms with Gasteiger partial charge in [0, 0.05) is 6.54 Å². The van der Waals surface area contributed by atoms with Crippen LogP contribution in [-0.4, -0.2) is 44.1 Å². The standard InChI is InChI=1S/C14H24N2O4S/c1-4-13(11-14(15-3)12(2)17)7-5-8-16-9-6-10-21(18,19)20/h4-5,7-8,14-16H,1,6,9-11H2,2-3H3,(H,18,19,20)/b8-5-,13-7+/t14-/m0/s1. The zero-order chi connectivity index (χ0) is 16.3. The van der Waals surface area contributed by atoms with Crippen molar-refractivity contribution in [2.45, 2.75) is 25.8 Å². The van der Waals surface area contributed by atoms with Crippen LogP contribution in [0.25, 0.3) is 0 Å². The summed E-state index contributed by atoms with van der Waals surface area (Å²) in [6, 6.07) is -0.231. The topological polar surface area (TPSA) is 95.5 Å². The molecule has 6 nitrogen and oxygen atoms in total. The van der Waals surface area contributed by atoms with Crippen molar-refractivity contribution in [1.82, 2.24) is 10.6 Å². The molecule has 21 heavy (non-hydrogen) atoms. The summed E-state index contributed by atoms with van der Waals surface area (Å²) >= 11 is 0. The molecule has 0 unspecified atom stereocenters. The highest BCUT2D eigenvalue weighted by atomic mass is 32.2. The second-order valence-corrected chi connectivity index (χ2v) is 6.13. The predicted molar refractivity (Wildman–Crippen MR) is 84.6 cm³/mol. The van der Waals surface area contributed by atoms with Gasteiger partial charge in [0.25, 0.3) is 10.1 Å². The number of allylic oxidation sites excluding steroid dienone is 3. The first kappa shape index (κ1) is 19.6. The van der Waals surface area contributed by atoms with E-state index in [-0.39, 0.29) is 17.6 Å². The Morgan fingerprint density at radius 3 is 2.57 bits per heavy atom. The minimum atomic E-state index is -3.89. The Morgan fingerprint density at radius 1 is 1.43 bits per heavy atom. The molecule has 0 aromatic carbocycles. The lowest BCUT2D eigenvalue weighted by molar-refractivity contribution is -0.118. The maximum absolute atomic E-state index is 11.3. The molecule has 7 heteroatoms. The largest absolute Gasteiger partial charge is 0.391 e. The third-order valence-electron chi connectivity index (χ3n) is 2.79. The Bertz CT molecular complexity index is 495. The van der Waals surface area contributed by atoms with Crippen molar-refractivity contribution >= 4 is 15.9 Å². The third-order valence-corrected chi connectivity index (χ3v) is 3.59. The van der Waals surface area contributed by atoms with E-state index in [1.807, 2.05) is 6.08 Å². The molecule has 0 aliphatic rings. The molecular weight excluding hydrogens is 292 g/mol. The lowest BCUT2D eigenvalue weighted by atomic mass is 10.0. The van der Waals surface area contributed by atoms with Crippen molar-refractivity contribution in [3.8, 4) is 0 Å². The molecular formula is C14H24N2O4S. The summed E-state index contributed by atoms with van der Waals surface area (Å²) in [6.45, 7) is 5.69.